The Morgan fingerprint density at radius 2 is 2.29 bits per heavy atom. The Balaban J connectivity index is 2.34. The predicted molar refractivity (Wildman–Crippen MR) is 82.8 cm³/mol. The van der Waals surface area contributed by atoms with Crippen molar-refractivity contribution < 1.29 is 9.66 Å². The third-order valence-electron chi connectivity index (χ3n) is 4.22. The molecule has 1 aliphatic rings. The summed E-state index contributed by atoms with van der Waals surface area (Å²) in [5.74, 6) is 1.26. The zero-order valence-corrected chi connectivity index (χ0v) is 12.6. The van der Waals surface area contributed by atoms with Crippen LogP contribution in [0.15, 0.2) is 18.2 Å². The first kappa shape index (κ1) is 15.6. The number of anilines is 1. The molecule has 0 saturated carbocycles. The maximum atomic E-state index is 11.4. The van der Waals surface area contributed by atoms with Crippen molar-refractivity contribution in [3.05, 3.63) is 28.3 Å². The summed E-state index contributed by atoms with van der Waals surface area (Å²) in [4.78, 5) is 13.2. The van der Waals surface area contributed by atoms with Crippen LogP contribution in [0.3, 0.4) is 0 Å². The lowest BCUT2D eigenvalue weighted by Crippen LogP contribution is -2.42. The van der Waals surface area contributed by atoms with Crippen LogP contribution in [0.4, 0.5) is 11.4 Å². The number of piperidine rings is 1. The van der Waals surface area contributed by atoms with Crippen molar-refractivity contribution in [1.82, 2.24) is 0 Å². The standard InChI is InChI=1S/C15H23N3O3/c1-3-21-14-6-4-5-13(15(14)18(19)20)17-8-7-11(2)12(9-16)10-17/h4-6,11-12H,3,7-10,16H2,1-2H3. The summed E-state index contributed by atoms with van der Waals surface area (Å²) in [5, 5.41) is 11.4. The average Bonchev–Trinajstić information content (AvgIpc) is 2.47. The van der Waals surface area contributed by atoms with Crippen molar-refractivity contribution in [2.24, 2.45) is 17.6 Å². The molecule has 2 unspecified atom stereocenters. The predicted octanol–water partition coefficient (Wildman–Crippen LogP) is 2.41. The van der Waals surface area contributed by atoms with Crippen LogP contribution in [0.5, 0.6) is 5.75 Å². The number of ether oxygens (including phenoxy) is 1. The van der Waals surface area contributed by atoms with Crippen molar-refractivity contribution in [3.8, 4) is 5.75 Å². The fourth-order valence-electron chi connectivity index (χ4n) is 2.90. The van der Waals surface area contributed by atoms with Crippen LogP contribution >= 0.6 is 0 Å². The van der Waals surface area contributed by atoms with Gasteiger partial charge in [0.25, 0.3) is 0 Å². The number of nitro groups is 1. The second kappa shape index (κ2) is 6.76. The van der Waals surface area contributed by atoms with Gasteiger partial charge in [-0.05, 0) is 43.9 Å². The maximum Gasteiger partial charge on any atom is 0.333 e. The molecule has 0 aromatic heterocycles. The van der Waals surface area contributed by atoms with Gasteiger partial charge in [-0.15, -0.1) is 0 Å². The highest BCUT2D eigenvalue weighted by molar-refractivity contribution is 5.70. The molecule has 1 aliphatic heterocycles. The largest absolute Gasteiger partial charge is 0.487 e. The zero-order valence-electron chi connectivity index (χ0n) is 12.6. The second-order valence-electron chi connectivity index (χ2n) is 5.52. The summed E-state index contributed by atoms with van der Waals surface area (Å²) in [7, 11) is 0. The molecule has 1 aromatic rings. The summed E-state index contributed by atoms with van der Waals surface area (Å²) in [6, 6.07) is 5.26. The number of hydrogen-bond acceptors (Lipinski definition) is 5. The van der Waals surface area contributed by atoms with E-state index in [9.17, 15) is 10.1 Å². The molecule has 1 saturated heterocycles. The maximum absolute atomic E-state index is 11.4. The number of nitrogens with two attached hydrogens (primary N) is 1. The molecule has 1 aromatic carbocycles. The Bertz CT molecular complexity index is 507. The van der Waals surface area contributed by atoms with Crippen molar-refractivity contribution in [1.29, 1.82) is 0 Å². The molecule has 0 radical (unpaired) electrons. The van der Waals surface area contributed by atoms with E-state index in [1.54, 1.807) is 12.1 Å². The molecule has 6 heteroatoms. The monoisotopic (exact) mass is 293 g/mol. The van der Waals surface area contributed by atoms with Crippen molar-refractivity contribution >= 4 is 11.4 Å². The van der Waals surface area contributed by atoms with Gasteiger partial charge in [0.1, 0.15) is 5.69 Å². The first-order valence-corrected chi connectivity index (χ1v) is 7.43. The highest BCUT2D eigenvalue weighted by Crippen LogP contribution is 2.39. The van der Waals surface area contributed by atoms with Gasteiger partial charge in [0.2, 0.25) is 0 Å². The van der Waals surface area contributed by atoms with E-state index in [0.717, 1.165) is 19.5 Å². The molecule has 2 rings (SSSR count). The van der Waals surface area contributed by atoms with Gasteiger partial charge < -0.3 is 15.4 Å². The molecule has 0 bridgehead atoms. The first-order chi connectivity index (χ1) is 10.1. The van der Waals surface area contributed by atoms with Crippen LogP contribution in [0.1, 0.15) is 20.3 Å². The molecule has 2 atom stereocenters. The van der Waals surface area contributed by atoms with Crippen LogP contribution in [0, 0.1) is 22.0 Å². The van der Waals surface area contributed by atoms with Crippen LogP contribution in [-0.4, -0.2) is 31.2 Å². The zero-order chi connectivity index (χ0) is 15.4. The van der Waals surface area contributed by atoms with E-state index in [1.165, 1.54) is 0 Å². The van der Waals surface area contributed by atoms with Crippen molar-refractivity contribution in [3.63, 3.8) is 0 Å². The number of benzene rings is 1. The van der Waals surface area contributed by atoms with Crippen LogP contribution in [0.2, 0.25) is 0 Å². The smallest absolute Gasteiger partial charge is 0.333 e. The highest BCUT2D eigenvalue weighted by atomic mass is 16.6. The highest BCUT2D eigenvalue weighted by Gasteiger charge is 2.30. The molecule has 6 nitrogen and oxygen atoms in total. The molecular weight excluding hydrogens is 270 g/mol. The molecule has 0 spiro atoms. The topological polar surface area (TPSA) is 81.6 Å². The Morgan fingerprint density at radius 3 is 2.90 bits per heavy atom. The minimum atomic E-state index is -0.351. The molecule has 1 heterocycles. The van der Waals surface area contributed by atoms with Gasteiger partial charge >= 0.3 is 5.69 Å². The first-order valence-electron chi connectivity index (χ1n) is 7.43. The Kier molecular flexibility index (Phi) is 5.01. The van der Waals surface area contributed by atoms with E-state index in [4.69, 9.17) is 10.5 Å². The number of nitrogens with zero attached hydrogens (tertiary/aromatic N) is 2. The van der Waals surface area contributed by atoms with Gasteiger partial charge in [0, 0.05) is 13.1 Å². The SMILES string of the molecule is CCOc1cccc(N2CCC(C)C(CN)C2)c1[N+](=O)[O-]. The third-order valence-corrected chi connectivity index (χ3v) is 4.22. The van der Waals surface area contributed by atoms with Crippen molar-refractivity contribution in [2.45, 2.75) is 20.3 Å². The van der Waals surface area contributed by atoms with E-state index < -0.39 is 0 Å². The van der Waals surface area contributed by atoms with E-state index >= 15 is 0 Å². The lowest BCUT2D eigenvalue weighted by atomic mass is 9.87. The lowest BCUT2D eigenvalue weighted by molar-refractivity contribution is -0.385. The summed E-state index contributed by atoms with van der Waals surface area (Å²) in [6.07, 6.45) is 0.998. The minimum absolute atomic E-state index is 0.0599. The van der Waals surface area contributed by atoms with E-state index in [0.29, 0.717) is 36.4 Å². The Labute approximate surface area is 125 Å². The molecule has 2 N–H and O–H groups in total. The molecule has 0 amide bonds. The van der Waals surface area contributed by atoms with Crippen molar-refractivity contribution in [2.75, 3.05) is 31.1 Å². The summed E-state index contributed by atoms with van der Waals surface area (Å²) >= 11 is 0. The van der Waals surface area contributed by atoms with Gasteiger partial charge in [0.05, 0.1) is 11.5 Å². The Hall–Kier alpha value is -1.82. The van der Waals surface area contributed by atoms with Gasteiger partial charge in [0.15, 0.2) is 5.75 Å². The fourth-order valence-corrected chi connectivity index (χ4v) is 2.90. The third kappa shape index (κ3) is 3.26. The number of nitro benzene ring substituents is 1. The van der Waals surface area contributed by atoms with E-state index in [1.807, 2.05) is 13.0 Å². The molecule has 1 fully saturated rings. The summed E-state index contributed by atoms with van der Waals surface area (Å²) in [6.45, 7) is 6.61. The van der Waals surface area contributed by atoms with Gasteiger partial charge in [-0.3, -0.25) is 10.1 Å². The average molecular weight is 293 g/mol. The number of hydrogen-bond donors (Lipinski definition) is 1. The van der Waals surface area contributed by atoms with E-state index in [-0.39, 0.29) is 10.6 Å². The van der Waals surface area contributed by atoms with E-state index in [2.05, 4.69) is 11.8 Å². The molecule has 0 aliphatic carbocycles. The molecule has 116 valence electrons. The van der Waals surface area contributed by atoms with Gasteiger partial charge in [-0.25, -0.2) is 0 Å². The quantitative estimate of drug-likeness (QED) is 0.666. The normalized spacial score (nSPS) is 22.1. The number of rotatable bonds is 5. The van der Waals surface area contributed by atoms with Crippen LogP contribution in [-0.2, 0) is 0 Å². The molecular formula is C15H23N3O3. The van der Waals surface area contributed by atoms with Crippen LogP contribution in [0.25, 0.3) is 0 Å². The summed E-state index contributed by atoms with van der Waals surface area (Å²) in [5.41, 5.74) is 6.52. The number of para-hydroxylation sites is 1. The minimum Gasteiger partial charge on any atom is -0.487 e. The van der Waals surface area contributed by atoms with Gasteiger partial charge in [-0.2, -0.15) is 0 Å². The second-order valence-corrected chi connectivity index (χ2v) is 5.52. The molecule has 21 heavy (non-hydrogen) atoms. The van der Waals surface area contributed by atoms with Crippen LogP contribution < -0.4 is 15.4 Å². The van der Waals surface area contributed by atoms with Gasteiger partial charge in [-0.1, -0.05) is 13.0 Å². The fraction of sp³-hybridized carbons (Fsp3) is 0.600. The lowest BCUT2D eigenvalue weighted by Gasteiger charge is -2.37. The summed E-state index contributed by atoms with van der Waals surface area (Å²) < 4.78 is 5.41. The Morgan fingerprint density at radius 1 is 1.52 bits per heavy atom.